The van der Waals surface area contributed by atoms with Crippen molar-refractivity contribution in [1.29, 1.82) is 0 Å². The number of para-hydroxylation sites is 1. The maximum absolute atomic E-state index is 12.9. The Balaban J connectivity index is 1.83. The fraction of sp³-hybridized carbons (Fsp3) is 0.650. The Morgan fingerprint density at radius 3 is 2.21 bits per heavy atom. The van der Waals surface area contributed by atoms with Crippen LogP contribution in [0.25, 0.3) is 0 Å². The van der Waals surface area contributed by atoms with Crippen LogP contribution in [0.1, 0.15) is 76.3 Å². The average Bonchev–Trinajstić information content (AvgIpc) is 3.15. The van der Waals surface area contributed by atoms with Crippen LogP contribution in [0, 0.1) is 11.8 Å². The Morgan fingerprint density at radius 1 is 1.12 bits per heavy atom. The maximum Gasteiger partial charge on any atom is 0.332 e. The lowest BCUT2D eigenvalue weighted by Gasteiger charge is -2.29. The smallest absolute Gasteiger partial charge is 0.332 e. The molecule has 0 saturated heterocycles. The van der Waals surface area contributed by atoms with E-state index in [1.54, 1.807) is 4.31 Å². The summed E-state index contributed by atoms with van der Waals surface area (Å²) in [5.41, 5.74) is 3.32. The second-order valence-corrected chi connectivity index (χ2v) is 8.54. The van der Waals surface area contributed by atoms with E-state index in [-0.39, 0.29) is 6.03 Å². The van der Waals surface area contributed by atoms with Gasteiger partial charge in [0.05, 0.1) is 5.69 Å². The van der Waals surface area contributed by atoms with Gasteiger partial charge in [0.2, 0.25) is 0 Å². The number of nitrogens with one attached hydrogen (secondary N) is 1. The first-order chi connectivity index (χ1) is 11.4. The molecule has 2 aliphatic rings. The van der Waals surface area contributed by atoms with Crippen LogP contribution >= 0.6 is 12.8 Å². The predicted octanol–water partition coefficient (Wildman–Crippen LogP) is 5.48. The van der Waals surface area contributed by atoms with E-state index in [0.717, 1.165) is 18.0 Å². The van der Waals surface area contributed by atoms with Crippen molar-refractivity contribution in [2.45, 2.75) is 71.3 Å². The number of anilines is 1. The van der Waals surface area contributed by atoms with Gasteiger partial charge in [-0.25, -0.2) is 9.10 Å². The molecule has 2 bridgehead atoms. The Hall–Kier alpha value is -1.16. The van der Waals surface area contributed by atoms with Gasteiger partial charge >= 0.3 is 6.03 Å². The summed E-state index contributed by atoms with van der Waals surface area (Å²) in [6.45, 7) is 8.66. The molecule has 3 nitrogen and oxygen atoms in total. The first kappa shape index (κ1) is 17.7. The van der Waals surface area contributed by atoms with Gasteiger partial charge in [-0.2, -0.15) is 0 Å². The van der Waals surface area contributed by atoms with Gasteiger partial charge in [0, 0.05) is 6.04 Å². The summed E-state index contributed by atoms with van der Waals surface area (Å²) in [7, 11) is 0. The second-order valence-electron chi connectivity index (χ2n) is 8.14. The molecule has 132 valence electrons. The molecular formula is C20H30N2OS. The van der Waals surface area contributed by atoms with Crippen molar-refractivity contribution in [2.75, 3.05) is 4.31 Å². The highest BCUT2D eigenvalue weighted by Gasteiger charge is 2.40. The summed E-state index contributed by atoms with van der Waals surface area (Å²) >= 11 is 4.61. The lowest BCUT2D eigenvalue weighted by atomic mass is 9.92. The predicted molar refractivity (Wildman–Crippen MR) is 104 cm³/mol. The number of thiol groups is 1. The van der Waals surface area contributed by atoms with E-state index < -0.39 is 0 Å². The standard InChI is InChI=1S/C20H30N2OS/c1-12(2)16-6-5-7-17(13(3)4)19(16)22(24)20(23)21-18-11-14-8-9-15(18)10-14/h5-7,12-15,18,24H,8-11H2,1-4H3,(H,21,23). The van der Waals surface area contributed by atoms with Crippen LogP contribution in [0.2, 0.25) is 0 Å². The molecule has 3 atom stereocenters. The summed E-state index contributed by atoms with van der Waals surface area (Å²) in [6, 6.07) is 6.56. The van der Waals surface area contributed by atoms with Gasteiger partial charge in [0.1, 0.15) is 0 Å². The molecule has 2 aliphatic carbocycles. The normalized spacial score (nSPS) is 25.5. The SMILES string of the molecule is CC(C)c1cccc(C(C)C)c1N(S)C(=O)NC1CC2CCC1C2. The van der Waals surface area contributed by atoms with Crippen LogP contribution in [0.15, 0.2) is 18.2 Å². The van der Waals surface area contributed by atoms with E-state index >= 15 is 0 Å². The van der Waals surface area contributed by atoms with Gasteiger partial charge in [-0.1, -0.05) is 65.1 Å². The van der Waals surface area contributed by atoms with Gasteiger partial charge in [0.25, 0.3) is 0 Å². The highest BCUT2D eigenvalue weighted by Crippen LogP contribution is 2.44. The highest BCUT2D eigenvalue weighted by atomic mass is 32.1. The van der Waals surface area contributed by atoms with Gasteiger partial charge in [-0.15, -0.1) is 0 Å². The molecule has 1 aromatic carbocycles. The molecule has 1 N–H and O–H groups in total. The molecule has 0 spiro atoms. The average molecular weight is 347 g/mol. The molecule has 3 rings (SSSR count). The Kier molecular flexibility index (Phi) is 5.14. The Bertz CT molecular complexity index is 587. The first-order valence-corrected chi connectivity index (χ1v) is 9.70. The van der Waals surface area contributed by atoms with E-state index in [4.69, 9.17) is 0 Å². The number of benzene rings is 1. The Labute approximate surface area is 151 Å². The van der Waals surface area contributed by atoms with E-state index in [2.05, 4.69) is 64.0 Å². The van der Waals surface area contributed by atoms with Crippen LogP contribution < -0.4 is 9.62 Å². The fourth-order valence-electron chi connectivity index (χ4n) is 4.50. The molecule has 2 amide bonds. The summed E-state index contributed by atoms with van der Waals surface area (Å²) in [6.07, 6.45) is 5.04. The first-order valence-electron chi connectivity index (χ1n) is 9.30. The van der Waals surface area contributed by atoms with Crippen LogP contribution in [-0.2, 0) is 0 Å². The topological polar surface area (TPSA) is 32.3 Å². The second kappa shape index (κ2) is 6.99. The number of urea groups is 1. The Morgan fingerprint density at radius 2 is 1.75 bits per heavy atom. The zero-order chi connectivity index (χ0) is 17.4. The van der Waals surface area contributed by atoms with E-state index in [0.29, 0.717) is 23.8 Å². The van der Waals surface area contributed by atoms with E-state index in [1.807, 2.05) is 0 Å². The van der Waals surface area contributed by atoms with Crippen molar-refractivity contribution in [1.82, 2.24) is 5.32 Å². The molecule has 2 saturated carbocycles. The summed E-state index contributed by atoms with van der Waals surface area (Å²) in [5.74, 6) is 2.20. The number of amides is 2. The number of nitrogens with zero attached hydrogens (tertiary/aromatic N) is 1. The number of carbonyl (C=O) groups is 1. The van der Waals surface area contributed by atoms with Crippen LogP contribution in [0.5, 0.6) is 0 Å². The largest absolute Gasteiger partial charge is 0.334 e. The molecule has 2 fully saturated rings. The number of hydrogen-bond donors (Lipinski definition) is 2. The molecule has 0 aromatic heterocycles. The van der Waals surface area contributed by atoms with Crippen molar-refractivity contribution in [3.8, 4) is 0 Å². The third kappa shape index (κ3) is 3.30. The summed E-state index contributed by atoms with van der Waals surface area (Å²) < 4.78 is 1.55. The van der Waals surface area contributed by atoms with Crippen molar-refractivity contribution in [3.05, 3.63) is 29.3 Å². The molecule has 24 heavy (non-hydrogen) atoms. The van der Waals surface area contributed by atoms with Crippen LogP contribution in [0.4, 0.5) is 10.5 Å². The van der Waals surface area contributed by atoms with E-state index in [9.17, 15) is 4.79 Å². The molecule has 0 aliphatic heterocycles. The minimum Gasteiger partial charge on any atom is -0.334 e. The van der Waals surface area contributed by atoms with Gasteiger partial charge < -0.3 is 5.32 Å². The van der Waals surface area contributed by atoms with E-state index in [1.165, 1.54) is 30.4 Å². The monoisotopic (exact) mass is 346 g/mol. The van der Waals surface area contributed by atoms with Crippen LogP contribution in [-0.4, -0.2) is 12.1 Å². The summed E-state index contributed by atoms with van der Waals surface area (Å²) in [4.78, 5) is 12.9. The number of rotatable bonds is 4. The number of fused-ring (bicyclic) bond motifs is 2. The van der Waals surface area contributed by atoms with Crippen molar-refractivity contribution >= 4 is 24.5 Å². The molecule has 0 radical (unpaired) electrons. The highest BCUT2D eigenvalue weighted by molar-refractivity contribution is 7.82. The number of carbonyl (C=O) groups excluding carboxylic acids is 1. The minimum atomic E-state index is -0.0779. The lowest BCUT2D eigenvalue weighted by molar-refractivity contribution is 0.240. The summed E-state index contributed by atoms with van der Waals surface area (Å²) in [5, 5.41) is 3.25. The lowest BCUT2D eigenvalue weighted by Crippen LogP contribution is -2.44. The van der Waals surface area contributed by atoms with Gasteiger partial charge in [-0.3, -0.25) is 0 Å². The number of hydrogen-bond acceptors (Lipinski definition) is 2. The quantitative estimate of drug-likeness (QED) is 0.695. The minimum absolute atomic E-state index is 0.0779. The molecule has 1 aromatic rings. The third-order valence-electron chi connectivity index (χ3n) is 5.79. The van der Waals surface area contributed by atoms with Crippen molar-refractivity contribution in [2.24, 2.45) is 11.8 Å². The molecule has 4 heteroatoms. The van der Waals surface area contributed by atoms with Gasteiger partial charge in [0.15, 0.2) is 0 Å². The molecular weight excluding hydrogens is 316 g/mol. The van der Waals surface area contributed by atoms with Crippen molar-refractivity contribution in [3.63, 3.8) is 0 Å². The van der Waals surface area contributed by atoms with Crippen LogP contribution in [0.3, 0.4) is 0 Å². The van der Waals surface area contributed by atoms with Crippen molar-refractivity contribution < 1.29 is 4.79 Å². The zero-order valence-electron chi connectivity index (χ0n) is 15.2. The molecule has 3 unspecified atom stereocenters. The zero-order valence-corrected chi connectivity index (χ0v) is 16.1. The van der Waals surface area contributed by atoms with Gasteiger partial charge in [-0.05, 0) is 54.1 Å². The third-order valence-corrected chi connectivity index (χ3v) is 6.18. The molecule has 0 heterocycles. The maximum atomic E-state index is 12.9. The fourth-order valence-corrected chi connectivity index (χ4v) is 4.79.